The monoisotopic (exact) mass is 373 g/mol. The average molecular weight is 373 g/mol. The van der Waals surface area contributed by atoms with E-state index >= 15 is 0 Å². The van der Waals surface area contributed by atoms with Gasteiger partial charge in [-0.05, 0) is 50.8 Å². The Morgan fingerprint density at radius 1 is 1.08 bits per heavy atom. The van der Waals surface area contributed by atoms with Gasteiger partial charge in [0.1, 0.15) is 12.1 Å². The summed E-state index contributed by atoms with van der Waals surface area (Å²) in [4.78, 5) is 24.2. The van der Waals surface area contributed by atoms with Crippen molar-refractivity contribution in [3.05, 3.63) is 35.4 Å². The Bertz CT molecular complexity index is 616. The zero-order valence-corrected chi connectivity index (χ0v) is 15.7. The zero-order valence-electron chi connectivity index (χ0n) is 15.7. The van der Waals surface area contributed by atoms with E-state index < -0.39 is 35.1 Å². The second-order valence-corrected chi connectivity index (χ2v) is 7.61. The van der Waals surface area contributed by atoms with Crippen LogP contribution in [0, 0.1) is 5.92 Å². The van der Waals surface area contributed by atoms with Crippen LogP contribution in [0.2, 0.25) is 0 Å². The van der Waals surface area contributed by atoms with Crippen LogP contribution in [-0.4, -0.2) is 24.0 Å². The summed E-state index contributed by atoms with van der Waals surface area (Å²) in [6.07, 6.45) is -3.98. The molecule has 146 valence electrons. The third-order valence-corrected chi connectivity index (χ3v) is 3.49. The summed E-state index contributed by atoms with van der Waals surface area (Å²) >= 11 is 0. The minimum atomic E-state index is -4.43. The molecule has 4 nitrogen and oxygen atoms in total. The Morgan fingerprint density at radius 3 is 2.04 bits per heavy atom. The molecule has 7 heteroatoms. The molecule has 0 aliphatic carbocycles. The van der Waals surface area contributed by atoms with E-state index in [0.717, 1.165) is 12.1 Å². The van der Waals surface area contributed by atoms with E-state index in [1.54, 1.807) is 20.8 Å². The van der Waals surface area contributed by atoms with Gasteiger partial charge in [0.05, 0.1) is 11.5 Å². The fourth-order valence-corrected chi connectivity index (χ4v) is 2.43. The molecule has 1 atom stereocenters. The lowest BCUT2D eigenvalue weighted by Gasteiger charge is -2.22. The van der Waals surface area contributed by atoms with Gasteiger partial charge in [-0.15, -0.1) is 0 Å². The van der Waals surface area contributed by atoms with E-state index in [9.17, 15) is 22.8 Å². The molecule has 0 spiro atoms. The number of alkyl halides is 3. The van der Waals surface area contributed by atoms with Gasteiger partial charge in [-0.1, -0.05) is 26.0 Å². The first-order chi connectivity index (χ1) is 11.8. The summed E-state index contributed by atoms with van der Waals surface area (Å²) in [5.74, 6) is -1.47. The third kappa shape index (κ3) is 7.45. The van der Waals surface area contributed by atoms with Crippen molar-refractivity contribution in [3.8, 4) is 0 Å². The van der Waals surface area contributed by atoms with Gasteiger partial charge in [-0.25, -0.2) is 0 Å². The molecule has 1 amide bonds. The molecule has 26 heavy (non-hydrogen) atoms. The normalized spacial score (nSPS) is 13.4. The quantitative estimate of drug-likeness (QED) is 0.757. The molecule has 1 aromatic rings. The molecule has 1 N–H and O–H groups in total. The van der Waals surface area contributed by atoms with Crippen molar-refractivity contribution in [2.45, 2.75) is 58.7 Å². The van der Waals surface area contributed by atoms with Gasteiger partial charge in [-0.2, -0.15) is 13.2 Å². The van der Waals surface area contributed by atoms with E-state index in [1.807, 2.05) is 13.8 Å². The first-order valence-electron chi connectivity index (χ1n) is 8.46. The number of amides is 1. The molecule has 0 aromatic heterocycles. The predicted molar refractivity (Wildman–Crippen MR) is 92.5 cm³/mol. The minimum Gasteiger partial charge on any atom is -0.459 e. The lowest BCUT2D eigenvalue weighted by atomic mass is 9.89. The number of hydrogen-bond donors (Lipinski definition) is 1. The number of benzene rings is 1. The number of halogens is 3. The van der Waals surface area contributed by atoms with Crippen molar-refractivity contribution in [1.82, 2.24) is 5.32 Å². The summed E-state index contributed by atoms with van der Waals surface area (Å²) in [5.41, 5.74) is -0.945. The first-order valence-corrected chi connectivity index (χ1v) is 8.46. The van der Waals surface area contributed by atoms with Crippen LogP contribution in [0.3, 0.4) is 0 Å². The number of hydrogen-bond acceptors (Lipinski definition) is 3. The van der Waals surface area contributed by atoms with E-state index in [4.69, 9.17) is 4.74 Å². The molecule has 1 rings (SSSR count). The number of carbonyl (C=O) groups is 2. The fraction of sp³-hybridized carbons (Fsp3) is 0.579. The maximum absolute atomic E-state index is 12.7. The molecule has 0 aliphatic rings. The molecule has 0 bridgehead atoms. The molecule has 1 unspecified atom stereocenters. The Balaban J connectivity index is 2.86. The van der Waals surface area contributed by atoms with Crippen LogP contribution >= 0.6 is 0 Å². The van der Waals surface area contributed by atoms with Crippen LogP contribution in [0.5, 0.6) is 0 Å². The molecule has 0 heterocycles. The summed E-state index contributed by atoms with van der Waals surface area (Å²) in [6.45, 7) is 8.70. The van der Waals surface area contributed by atoms with E-state index in [-0.39, 0.29) is 12.5 Å². The van der Waals surface area contributed by atoms with Crippen LogP contribution in [0.25, 0.3) is 0 Å². The number of nitrogens with one attached hydrogen (secondary N) is 1. The summed E-state index contributed by atoms with van der Waals surface area (Å²) in [7, 11) is 0. The molecule has 1 aromatic carbocycles. The van der Waals surface area contributed by atoms with E-state index in [0.29, 0.717) is 12.0 Å². The predicted octanol–water partition coefficient (Wildman–Crippen LogP) is 4.29. The summed E-state index contributed by atoms with van der Waals surface area (Å²) < 4.78 is 43.2. The van der Waals surface area contributed by atoms with Gasteiger partial charge in [0.15, 0.2) is 0 Å². The largest absolute Gasteiger partial charge is 0.459 e. The molecule has 0 aliphatic heterocycles. The second kappa shape index (κ2) is 8.56. The van der Waals surface area contributed by atoms with Gasteiger partial charge >= 0.3 is 12.1 Å². The standard InChI is InChI=1S/C19H26F3NO3/c1-12(2)10-15(13-6-8-14(9-7-13)19(20,21)22)17(25)23-11-16(24)26-18(3,4)5/h6-9,12,15H,10-11H2,1-5H3,(H,23,25). The highest BCUT2D eigenvalue weighted by Gasteiger charge is 2.31. The van der Waals surface area contributed by atoms with Crippen molar-refractivity contribution in [3.63, 3.8) is 0 Å². The molecule has 0 saturated carbocycles. The molecular formula is C19H26F3NO3. The van der Waals surface area contributed by atoms with Gasteiger partial charge in [0.2, 0.25) is 5.91 Å². The minimum absolute atomic E-state index is 0.148. The number of rotatable bonds is 6. The van der Waals surface area contributed by atoms with Crippen LogP contribution in [-0.2, 0) is 20.5 Å². The molecule has 0 radical (unpaired) electrons. The number of esters is 1. The SMILES string of the molecule is CC(C)CC(C(=O)NCC(=O)OC(C)(C)C)c1ccc(C(F)(F)F)cc1. The maximum Gasteiger partial charge on any atom is 0.416 e. The topological polar surface area (TPSA) is 55.4 Å². The van der Waals surface area contributed by atoms with E-state index in [1.165, 1.54) is 12.1 Å². The highest BCUT2D eigenvalue weighted by molar-refractivity contribution is 5.87. The Labute approximate surface area is 152 Å². The van der Waals surface area contributed by atoms with Crippen molar-refractivity contribution in [2.24, 2.45) is 5.92 Å². The van der Waals surface area contributed by atoms with Crippen LogP contribution in [0.4, 0.5) is 13.2 Å². The Hall–Kier alpha value is -2.05. The molecule has 0 saturated heterocycles. The average Bonchev–Trinajstić information content (AvgIpc) is 2.47. The van der Waals surface area contributed by atoms with Crippen molar-refractivity contribution >= 4 is 11.9 Å². The highest BCUT2D eigenvalue weighted by Crippen LogP contribution is 2.31. The molecular weight excluding hydrogens is 347 g/mol. The number of carbonyl (C=O) groups excluding carboxylic acids is 2. The van der Waals surface area contributed by atoms with Gasteiger partial charge in [-0.3, -0.25) is 9.59 Å². The van der Waals surface area contributed by atoms with Gasteiger partial charge in [0.25, 0.3) is 0 Å². The first kappa shape index (κ1) is 22.0. The lowest BCUT2D eigenvalue weighted by molar-refractivity contribution is -0.154. The van der Waals surface area contributed by atoms with E-state index in [2.05, 4.69) is 5.32 Å². The van der Waals surface area contributed by atoms with Crippen molar-refractivity contribution in [2.75, 3.05) is 6.54 Å². The van der Waals surface area contributed by atoms with Gasteiger partial charge < -0.3 is 10.1 Å². The molecule has 0 fully saturated rings. The Morgan fingerprint density at radius 2 is 1.62 bits per heavy atom. The summed E-state index contributed by atoms with van der Waals surface area (Å²) in [5, 5.41) is 2.52. The fourth-order valence-electron chi connectivity index (χ4n) is 2.43. The maximum atomic E-state index is 12.7. The summed E-state index contributed by atoms with van der Waals surface area (Å²) in [6, 6.07) is 4.54. The van der Waals surface area contributed by atoms with Crippen LogP contribution in [0.1, 0.15) is 58.1 Å². The third-order valence-electron chi connectivity index (χ3n) is 3.49. The van der Waals surface area contributed by atoms with Crippen LogP contribution in [0.15, 0.2) is 24.3 Å². The Kier molecular flexibility index (Phi) is 7.24. The zero-order chi connectivity index (χ0) is 20.1. The second-order valence-electron chi connectivity index (χ2n) is 7.61. The van der Waals surface area contributed by atoms with Crippen LogP contribution < -0.4 is 5.32 Å². The van der Waals surface area contributed by atoms with Crippen molar-refractivity contribution < 1.29 is 27.5 Å². The van der Waals surface area contributed by atoms with Gasteiger partial charge in [0, 0.05) is 0 Å². The highest BCUT2D eigenvalue weighted by atomic mass is 19.4. The lowest BCUT2D eigenvalue weighted by Crippen LogP contribution is -2.37. The smallest absolute Gasteiger partial charge is 0.416 e. The number of ether oxygens (including phenoxy) is 1. The van der Waals surface area contributed by atoms with Crippen molar-refractivity contribution in [1.29, 1.82) is 0 Å².